The smallest absolute Gasteiger partial charge is 0.306 e. The lowest BCUT2D eigenvalue weighted by atomic mass is 9.49. The van der Waals surface area contributed by atoms with Crippen LogP contribution in [-0.4, -0.2) is 35.0 Å². The number of hydrogen-bond donors (Lipinski definition) is 1. The van der Waals surface area contributed by atoms with Crippen LogP contribution in [0.15, 0.2) is 0 Å². The summed E-state index contributed by atoms with van der Waals surface area (Å²) in [6.07, 6.45) is 8.65. The van der Waals surface area contributed by atoms with Gasteiger partial charge in [0.25, 0.3) is 0 Å². The molecule has 1 N–H and O–H groups in total. The van der Waals surface area contributed by atoms with Crippen LogP contribution in [0.2, 0.25) is 0 Å². The minimum atomic E-state index is -0.697. The van der Waals surface area contributed by atoms with Gasteiger partial charge in [0.2, 0.25) is 5.91 Å². The maximum absolute atomic E-state index is 13.1. The largest absolute Gasteiger partial charge is 0.481 e. The molecule has 4 saturated carbocycles. The van der Waals surface area contributed by atoms with Crippen molar-refractivity contribution < 1.29 is 14.7 Å². The SMILES string of the molecule is O=C(O)C1CCN(C(=O)C23CC4CC(CC(C4)C2)C3)CC1. The summed E-state index contributed by atoms with van der Waals surface area (Å²) in [4.78, 5) is 26.1. The van der Waals surface area contributed by atoms with Gasteiger partial charge in [-0.05, 0) is 69.1 Å². The first kappa shape index (κ1) is 13.6. The Bertz CT molecular complexity index is 429. The van der Waals surface area contributed by atoms with Gasteiger partial charge < -0.3 is 10.0 Å². The first-order valence-electron chi connectivity index (χ1n) is 8.58. The number of hydrogen-bond acceptors (Lipinski definition) is 2. The summed E-state index contributed by atoms with van der Waals surface area (Å²) < 4.78 is 0. The zero-order valence-electron chi connectivity index (χ0n) is 12.6. The van der Waals surface area contributed by atoms with Crippen molar-refractivity contribution in [3.8, 4) is 0 Å². The maximum atomic E-state index is 13.1. The van der Waals surface area contributed by atoms with Crippen LogP contribution in [0.5, 0.6) is 0 Å². The minimum Gasteiger partial charge on any atom is -0.481 e. The topological polar surface area (TPSA) is 57.6 Å². The quantitative estimate of drug-likeness (QED) is 0.850. The highest BCUT2D eigenvalue weighted by Crippen LogP contribution is 2.60. The minimum absolute atomic E-state index is 0.0647. The number of carboxylic acids is 1. The molecule has 0 aromatic heterocycles. The van der Waals surface area contributed by atoms with Gasteiger partial charge in [-0.15, -0.1) is 0 Å². The van der Waals surface area contributed by atoms with Crippen LogP contribution in [0.1, 0.15) is 51.4 Å². The summed E-state index contributed by atoms with van der Waals surface area (Å²) in [7, 11) is 0. The van der Waals surface area contributed by atoms with E-state index in [1.165, 1.54) is 19.3 Å². The second-order valence-corrected chi connectivity index (χ2v) is 8.10. The molecule has 21 heavy (non-hydrogen) atoms. The van der Waals surface area contributed by atoms with E-state index >= 15 is 0 Å². The van der Waals surface area contributed by atoms with Gasteiger partial charge in [0.05, 0.1) is 11.3 Å². The predicted molar refractivity (Wildman–Crippen MR) is 77.5 cm³/mol. The summed E-state index contributed by atoms with van der Waals surface area (Å²) >= 11 is 0. The number of carbonyl (C=O) groups is 2. The summed E-state index contributed by atoms with van der Waals surface area (Å²) in [6, 6.07) is 0. The van der Waals surface area contributed by atoms with Crippen molar-refractivity contribution in [2.45, 2.75) is 51.4 Å². The molecule has 0 unspecified atom stereocenters. The lowest BCUT2D eigenvalue weighted by Crippen LogP contribution is -2.55. The molecule has 4 aliphatic carbocycles. The Morgan fingerprint density at radius 1 is 0.905 bits per heavy atom. The van der Waals surface area contributed by atoms with Crippen LogP contribution >= 0.6 is 0 Å². The third-order valence-corrected chi connectivity index (χ3v) is 6.62. The van der Waals surface area contributed by atoms with Crippen LogP contribution in [0.25, 0.3) is 0 Å². The number of piperidine rings is 1. The van der Waals surface area contributed by atoms with Crippen molar-refractivity contribution in [1.82, 2.24) is 4.90 Å². The summed E-state index contributed by atoms with van der Waals surface area (Å²) in [5.74, 6) is 1.79. The van der Waals surface area contributed by atoms with E-state index in [0.717, 1.165) is 37.0 Å². The number of amides is 1. The molecule has 1 heterocycles. The molecule has 116 valence electrons. The Labute approximate surface area is 125 Å². The molecule has 5 aliphatic rings. The van der Waals surface area contributed by atoms with Gasteiger partial charge in [0.15, 0.2) is 0 Å². The molecule has 0 spiro atoms. The van der Waals surface area contributed by atoms with Gasteiger partial charge in [-0.25, -0.2) is 0 Å². The van der Waals surface area contributed by atoms with Crippen molar-refractivity contribution in [3.05, 3.63) is 0 Å². The number of aliphatic carboxylic acids is 1. The third kappa shape index (κ3) is 2.18. The molecule has 5 fully saturated rings. The Hall–Kier alpha value is -1.06. The number of likely N-dealkylation sites (tertiary alicyclic amines) is 1. The van der Waals surface area contributed by atoms with Gasteiger partial charge in [-0.3, -0.25) is 9.59 Å². The summed E-state index contributed by atoms with van der Waals surface area (Å²) in [6.45, 7) is 1.30. The average Bonchev–Trinajstić information content (AvgIpc) is 2.45. The second-order valence-electron chi connectivity index (χ2n) is 8.10. The van der Waals surface area contributed by atoms with Gasteiger partial charge in [0, 0.05) is 13.1 Å². The van der Waals surface area contributed by atoms with E-state index in [9.17, 15) is 9.59 Å². The molecule has 1 amide bonds. The molecular formula is C17H25NO3. The Balaban J connectivity index is 1.47. The Morgan fingerprint density at radius 2 is 1.38 bits per heavy atom. The van der Waals surface area contributed by atoms with Gasteiger partial charge in [-0.1, -0.05) is 0 Å². The van der Waals surface area contributed by atoms with E-state index in [1.807, 2.05) is 4.90 Å². The highest BCUT2D eigenvalue weighted by molar-refractivity contribution is 5.83. The average molecular weight is 291 g/mol. The zero-order valence-corrected chi connectivity index (χ0v) is 12.6. The van der Waals surface area contributed by atoms with Crippen LogP contribution in [-0.2, 0) is 9.59 Å². The molecule has 1 saturated heterocycles. The van der Waals surface area contributed by atoms with Crippen molar-refractivity contribution in [2.24, 2.45) is 29.1 Å². The number of nitrogens with zero attached hydrogens (tertiary/aromatic N) is 1. The molecule has 4 heteroatoms. The maximum Gasteiger partial charge on any atom is 0.306 e. The van der Waals surface area contributed by atoms with Gasteiger partial charge >= 0.3 is 5.97 Å². The fraction of sp³-hybridized carbons (Fsp3) is 0.882. The molecule has 0 atom stereocenters. The number of carboxylic acid groups (broad SMARTS) is 1. The van der Waals surface area contributed by atoms with Gasteiger partial charge in [0.1, 0.15) is 0 Å². The first-order valence-corrected chi connectivity index (χ1v) is 8.58. The molecule has 0 radical (unpaired) electrons. The lowest BCUT2D eigenvalue weighted by Gasteiger charge is -2.57. The van der Waals surface area contributed by atoms with Crippen molar-refractivity contribution in [3.63, 3.8) is 0 Å². The number of carbonyl (C=O) groups excluding carboxylic acids is 1. The monoisotopic (exact) mass is 291 g/mol. The Morgan fingerprint density at radius 3 is 1.81 bits per heavy atom. The lowest BCUT2D eigenvalue weighted by molar-refractivity contribution is -0.160. The van der Waals surface area contributed by atoms with Crippen LogP contribution in [0, 0.1) is 29.1 Å². The van der Waals surface area contributed by atoms with Crippen LogP contribution in [0.3, 0.4) is 0 Å². The predicted octanol–water partition coefficient (Wildman–Crippen LogP) is 2.53. The van der Waals surface area contributed by atoms with Crippen molar-refractivity contribution >= 4 is 11.9 Å². The van der Waals surface area contributed by atoms with E-state index < -0.39 is 5.97 Å². The van der Waals surface area contributed by atoms with Crippen molar-refractivity contribution in [2.75, 3.05) is 13.1 Å². The molecule has 4 nitrogen and oxygen atoms in total. The van der Waals surface area contributed by atoms with Crippen LogP contribution < -0.4 is 0 Å². The first-order chi connectivity index (χ1) is 10.1. The fourth-order valence-electron chi connectivity index (χ4n) is 6.04. The molecule has 0 aromatic rings. The van der Waals surface area contributed by atoms with Crippen LogP contribution in [0.4, 0.5) is 0 Å². The molecule has 1 aliphatic heterocycles. The van der Waals surface area contributed by atoms with E-state index in [-0.39, 0.29) is 11.3 Å². The normalized spacial score (nSPS) is 42.3. The van der Waals surface area contributed by atoms with E-state index in [2.05, 4.69) is 0 Å². The van der Waals surface area contributed by atoms with E-state index in [4.69, 9.17) is 5.11 Å². The number of rotatable bonds is 2. The fourth-order valence-corrected chi connectivity index (χ4v) is 6.04. The second kappa shape index (κ2) is 4.72. The highest BCUT2D eigenvalue weighted by atomic mass is 16.4. The summed E-state index contributed by atoms with van der Waals surface area (Å²) in [5.41, 5.74) is -0.0647. The van der Waals surface area contributed by atoms with Crippen molar-refractivity contribution in [1.29, 1.82) is 0 Å². The standard InChI is InChI=1S/C17H25NO3/c19-15(20)14-1-3-18(4-2-14)16(21)17-8-11-5-12(9-17)7-13(6-11)10-17/h11-14H,1-10H2,(H,19,20). The van der Waals surface area contributed by atoms with E-state index in [0.29, 0.717) is 31.8 Å². The molecule has 5 rings (SSSR count). The third-order valence-electron chi connectivity index (χ3n) is 6.62. The van der Waals surface area contributed by atoms with E-state index in [1.54, 1.807) is 0 Å². The molecule has 4 bridgehead atoms. The zero-order chi connectivity index (χ0) is 14.6. The molecule has 0 aromatic carbocycles. The summed E-state index contributed by atoms with van der Waals surface area (Å²) in [5, 5.41) is 9.09. The van der Waals surface area contributed by atoms with Gasteiger partial charge in [-0.2, -0.15) is 0 Å². The highest BCUT2D eigenvalue weighted by Gasteiger charge is 2.55. The Kier molecular flexibility index (Phi) is 3.05. The molecular weight excluding hydrogens is 266 g/mol.